The van der Waals surface area contributed by atoms with Crippen LogP contribution in [0.3, 0.4) is 0 Å². The zero-order chi connectivity index (χ0) is 14.9. The van der Waals surface area contributed by atoms with E-state index in [2.05, 4.69) is 6.58 Å². The van der Waals surface area contributed by atoms with E-state index in [4.69, 9.17) is 4.74 Å². The molecule has 1 aromatic carbocycles. The van der Waals surface area contributed by atoms with Gasteiger partial charge in [0.1, 0.15) is 5.75 Å². The molecule has 1 unspecified atom stereocenters. The Bertz CT molecular complexity index is 537. The topological polar surface area (TPSA) is 49.8 Å². The minimum Gasteiger partial charge on any atom is -0.478 e. The van der Waals surface area contributed by atoms with Gasteiger partial charge in [0.2, 0.25) is 0 Å². The van der Waals surface area contributed by atoms with Gasteiger partial charge in [0.25, 0.3) is 5.91 Å². The molecular weight excluding hydrogens is 254 g/mol. The van der Waals surface area contributed by atoms with E-state index in [9.17, 15) is 9.90 Å². The summed E-state index contributed by atoms with van der Waals surface area (Å²) in [5.74, 6) is 0.699. The Morgan fingerprint density at radius 2 is 2.20 bits per heavy atom. The van der Waals surface area contributed by atoms with E-state index in [-0.39, 0.29) is 18.4 Å². The van der Waals surface area contributed by atoms with Gasteiger partial charge in [-0.2, -0.15) is 0 Å². The molecule has 0 radical (unpaired) electrons. The highest BCUT2D eigenvalue weighted by atomic mass is 16.5. The number of hydrogen-bond donors (Lipinski definition) is 1. The van der Waals surface area contributed by atoms with E-state index in [1.807, 2.05) is 26.8 Å². The van der Waals surface area contributed by atoms with Crippen LogP contribution in [0.25, 0.3) is 0 Å². The molecule has 1 N–H and O–H groups in total. The van der Waals surface area contributed by atoms with Crippen molar-refractivity contribution in [2.24, 2.45) is 5.92 Å². The van der Waals surface area contributed by atoms with Crippen LogP contribution in [0.2, 0.25) is 0 Å². The lowest BCUT2D eigenvalue weighted by molar-refractivity contribution is -0.128. The van der Waals surface area contributed by atoms with Gasteiger partial charge in [-0.1, -0.05) is 32.1 Å². The Morgan fingerprint density at radius 3 is 2.75 bits per heavy atom. The molecule has 20 heavy (non-hydrogen) atoms. The van der Waals surface area contributed by atoms with Crippen LogP contribution in [0.5, 0.6) is 5.75 Å². The van der Waals surface area contributed by atoms with Crippen molar-refractivity contribution in [3.05, 3.63) is 35.9 Å². The second-order valence-corrected chi connectivity index (χ2v) is 5.62. The average Bonchev–Trinajstić information content (AvgIpc) is 2.40. The maximum atomic E-state index is 12.5. The van der Waals surface area contributed by atoms with Crippen LogP contribution < -0.4 is 9.64 Å². The molecule has 4 heteroatoms. The Hall–Kier alpha value is -1.81. The van der Waals surface area contributed by atoms with Gasteiger partial charge in [-0.05, 0) is 30.5 Å². The van der Waals surface area contributed by atoms with Crippen molar-refractivity contribution in [3.8, 4) is 5.75 Å². The molecule has 2 rings (SSSR count). The predicted molar refractivity (Wildman–Crippen MR) is 78.8 cm³/mol. The van der Waals surface area contributed by atoms with Crippen LogP contribution >= 0.6 is 0 Å². The van der Waals surface area contributed by atoms with Gasteiger partial charge in [0, 0.05) is 6.54 Å². The van der Waals surface area contributed by atoms with Crippen molar-refractivity contribution in [1.29, 1.82) is 0 Å². The number of rotatable bonds is 4. The molecule has 1 atom stereocenters. The van der Waals surface area contributed by atoms with Gasteiger partial charge in [0.15, 0.2) is 6.10 Å². The molecule has 1 aromatic rings. The number of anilines is 1. The van der Waals surface area contributed by atoms with Crippen molar-refractivity contribution in [3.63, 3.8) is 0 Å². The Balaban J connectivity index is 2.46. The summed E-state index contributed by atoms with van der Waals surface area (Å²) in [6.07, 6.45) is -0.490. The standard InChI is InChI=1S/C16H21NO3/c1-10(2)8-17-13-6-5-12(9-18)7-14(13)20-15(11(3)4)16(17)19/h5-7,11,15,18H,1,8-9H2,2-4H3. The van der Waals surface area contributed by atoms with Crippen LogP contribution in [0.4, 0.5) is 5.69 Å². The van der Waals surface area contributed by atoms with Gasteiger partial charge < -0.3 is 14.7 Å². The molecule has 0 fully saturated rings. The monoisotopic (exact) mass is 275 g/mol. The van der Waals surface area contributed by atoms with E-state index in [1.54, 1.807) is 17.0 Å². The molecule has 0 bridgehead atoms. The minimum atomic E-state index is -0.490. The van der Waals surface area contributed by atoms with Crippen LogP contribution in [0.15, 0.2) is 30.4 Å². The first kappa shape index (κ1) is 14.6. The second-order valence-electron chi connectivity index (χ2n) is 5.62. The lowest BCUT2D eigenvalue weighted by Crippen LogP contribution is -2.48. The summed E-state index contributed by atoms with van der Waals surface area (Å²) in [4.78, 5) is 14.2. The Kier molecular flexibility index (Phi) is 4.14. The predicted octanol–water partition coefficient (Wildman–Crippen LogP) is 2.51. The third-order valence-corrected chi connectivity index (χ3v) is 3.29. The molecule has 0 aliphatic carbocycles. The first-order valence-corrected chi connectivity index (χ1v) is 6.80. The minimum absolute atomic E-state index is 0.0350. The zero-order valence-electron chi connectivity index (χ0n) is 12.2. The number of aliphatic hydroxyl groups is 1. The third kappa shape index (κ3) is 2.70. The number of hydrogen-bond acceptors (Lipinski definition) is 3. The van der Waals surface area contributed by atoms with E-state index >= 15 is 0 Å². The molecule has 4 nitrogen and oxygen atoms in total. The zero-order valence-corrected chi connectivity index (χ0v) is 12.2. The number of benzene rings is 1. The normalized spacial score (nSPS) is 17.9. The lowest BCUT2D eigenvalue weighted by atomic mass is 10.0. The molecule has 1 heterocycles. The maximum Gasteiger partial charge on any atom is 0.268 e. The summed E-state index contributed by atoms with van der Waals surface area (Å²) in [6.45, 7) is 10.1. The van der Waals surface area contributed by atoms with Crippen molar-refractivity contribution in [1.82, 2.24) is 0 Å². The van der Waals surface area contributed by atoms with Crippen molar-refractivity contribution in [2.75, 3.05) is 11.4 Å². The molecule has 108 valence electrons. The van der Waals surface area contributed by atoms with Crippen LogP contribution in [-0.2, 0) is 11.4 Å². The van der Waals surface area contributed by atoms with E-state index < -0.39 is 6.10 Å². The van der Waals surface area contributed by atoms with Crippen molar-refractivity contribution in [2.45, 2.75) is 33.5 Å². The molecule has 1 aliphatic rings. The molecule has 0 saturated carbocycles. The van der Waals surface area contributed by atoms with E-state index in [0.717, 1.165) is 16.8 Å². The average molecular weight is 275 g/mol. The quantitative estimate of drug-likeness (QED) is 0.859. The maximum absolute atomic E-state index is 12.5. The van der Waals surface area contributed by atoms with Gasteiger partial charge in [-0.15, -0.1) is 0 Å². The summed E-state index contributed by atoms with van der Waals surface area (Å²) >= 11 is 0. The van der Waals surface area contributed by atoms with Crippen LogP contribution in [0, 0.1) is 5.92 Å². The number of fused-ring (bicyclic) bond motifs is 1. The summed E-state index contributed by atoms with van der Waals surface area (Å²) < 4.78 is 5.83. The van der Waals surface area contributed by atoms with Crippen LogP contribution in [0.1, 0.15) is 26.3 Å². The van der Waals surface area contributed by atoms with Gasteiger partial charge in [-0.3, -0.25) is 4.79 Å². The first-order valence-electron chi connectivity index (χ1n) is 6.80. The smallest absolute Gasteiger partial charge is 0.268 e. The van der Waals surface area contributed by atoms with Gasteiger partial charge >= 0.3 is 0 Å². The summed E-state index contributed by atoms with van der Waals surface area (Å²) in [6, 6.07) is 5.41. The first-order chi connectivity index (χ1) is 9.43. The summed E-state index contributed by atoms with van der Waals surface area (Å²) in [7, 11) is 0. The molecule has 0 spiro atoms. The Labute approximate surface area is 119 Å². The fraction of sp³-hybridized carbons (Fsp3) is 0.438. The number of carbonyl (C=O) groups is 1. The largest absolute Gasteiger partial charge is 0.478 e. The summed E-state index contributed by atoms with van der Waals surface area (Å²) in [5.41, 5.74) is 2.43. The van der Waals surface area contributed by atoms with E-state index in [0.29, 0.717) is 12.3 Å². The highest BCUT2D eigenvalue weighted by molar-refractivity contribution is 6.00. The Morgan fingerprint density at radius 1 is 1.50 bits per heavy atom. The molecule has 0 saturated heterocycles. The third-order valence-electron chi connectivity index (χ3n) is 3.29. The van der Waals surface area contributed by atoms with Crippen molar-refractivity contribution >= 4 is 11.6 Å². The van der Waals surface area contributed by atoms with Gasteiger partial charge in [0.05, 0.1) is 12.3 Å². The fourth-order valence-electron chi connectivity index (χ4n) is 2.29. The van der Waals surface area contributed by atoms with Gasteiger partial charge in [-0.25, -0.2) is 0 Å². The lowest BCUT2D eigenvalue weighted by Gasteiger charge is -2.36. The van der Waals surface area contributed by atoms with E-state index in [1.165, 1.54) is 0 Å². The number of carbonyl (C=O) groups excluding carboxylic acids is 1. The number of nitrogens with zero attached hydrogens (tertiary/aromatic N) is 1. The number of aliphatic hydroxyl groups excluding tert-OH is 1. The molecule has 1 aliphatic heterocycles. The number of amides is 1. The second kappa shape index (κ2) is 5.67. The highest BCUT2D eigenvalue weighted by Crippen LogP contribution is 2.36. The molecule has 1 amide bonds. The number of ether oxygens (including phenoxy) is 1. The molecular formula is C16H21NO3. The van der Waals surface area contributed by atoms with Crippen LogP contribution in [-0.4, -0.2) is 23.7 Å². The summed E-state index contributed by atoms with van der Waals surface area (Å²) in [5, 5.41) is 9.23. The fourth-order valence-corrected chi connectivity index (χ4v) is 2.29. The van der Waals surface area contributed by atoms with Crippen molar-refractivity contribution < 1.29 is 14.6 Å². The SMILES string of the molecule is C=C(C)CN1C(=O)C(C(C)C)Oc2cc(CO)ccc21. The molecule has 0 aromatic heterocycles. The highest BCUT2D eigenvalue weighted by Gasteiger charge is 2.36.